The minimum atomic E-state index is 0.321. The molecule has 168 valence electrons. The van der Waals surface area contributed by atoms with Crippen LogP contribution in [0.25, 0.3) is 5.95 Å². The molecule has 2 aromatic rings. The van der Waals surface area contributed by atoms with E-state index in [0.717, 1.165) is 57.9 Å². The third kappa shape index (κ3) is 5.71. The molecular formula is C24H36N6O. The summed E-state index contributed by atoms with van der Waals surface area (Å²) >= 11 is 0. The van der Waals surface area contributed by atoms with Gasteiger partial charge in [0.25, 0.3) is 0 Å². The lowest BCUT2D eigenvalue weighted by molar-refractivity contribution is -0.133. The monoisotopic (exact) mass is 424 g/mol. The van der Waals surface area contributed by atoms with Gasteiger partial charge in [0.2, 0.25) is 11.9 Å². The number of hydrogen-bond acceptors (Lipinski definition) is 5. The Kier molecular flexibility index (Phi) is 7.35. The number of nitrogens with zero attached hydrogens (tertiary/aromatic N) is 6. The smallest absolute Gasteiger partial charge is 0.233 e. The Morgan fingerprint density at radius 3 is 2.68 bits per heavy atom. The molecule has 2 aromatic heterocycles. The summed E-state index contributed by atoms with van der Waals surface area (Å²) < 4.78 is 2.07. The van der Waals surface area contributed by atoms with Crippen molar-refractivity contribution in [3.8, 4) is 5.95 Å². The van der Waals surface area contributed by atoms with Gasteiger partial charge in [-0.2, -0.15) is 0 Å². The Hall–Kier alpha value is -2.25. The van der Waals surface area contributed by atoms with E-state index in [4.69, 9.17) is 0 Å². The van der Waals surface area contributed by atoms with Gasteiger partial charge in [-0.1, -0.05) is 0 Å². The van der Waals surface area contributed by atoms with Crippen LogP contribution in [0.2, 0.25) is 0 Å². The summed E-state index contributed by atoms with van der Waals surface area (Å²) in [4.78, 5) is 28.5. The number of piperidine rings is 2. The van der Waals surface area contributed by atoms with Gasteiger partial charge in [-0.3, -0.25) is 14.3 Å². The average Bonchev–Trinajstić information content (AvgIpc) is 3.26. The van der Waals surface area contributed by atoms with Crippen molar-refractivity contribution >= 4 is 5.91 Å². The van der Waals surface area contributed by atoms with E-state index in [9.17, 15) is 4.79 Å². The molecule has 7 heteroatoms. The molecule has 0 aliphatic carbocycles. The Labute approximate surface area is 186 Å². The molecule has 0 spiro atoms. The van der Waals surface area contributed by atoms with E-state index >= 15 is 0 Å². The van der Waals surface area contributed by atoms with E-state index in [-0.39, 0.29) is 0 Å². The minimum absolute atomic E-state index is 0.321. The van der Waals surface area contributed by atoms with Gasteiger partial charge in [0.15, 0.2) is 0 Å². The topological polar surface area (TPSA) is 57.5 Å². The first-order valence-corrected chi connectivity index (χ1v) is 11.7. The molecule has 0 saturated carbocycles. The zero-order chi connectivity index (χ0) is 21.6. The van der Waals surface area contributed by atoms with Crippen LogP contribution < -0.4 is 0 Å². The minimum Gasteiger partial charge on any atom is -0.343 e. The Morgan fingerprint density at radius 1 is 1.13 bits per heavy atom. The van der Waals surface area contributed by atoms with E-state index in [1.54, 1.807) is 12.4 Å². The van der Waals surface area contributed by atoms with Crippen molar-refractivity contribution in [3.05, 3.63) is 42.5 Å². The number of hydrogen-bond donors (Lipinski definition) is 0. The highest BCUT2D eigenvalue weighted by atomic mass is 16.2. The van der Waals surface area contributed by atoms with Crippen LogP contribution in [-0.2, 0) is 11.3 Å². The number of aromatic nitrogens is 3. The van der Waals surface area contributed by atoms with Crippen molar-refractivity contribution in [3.63, 3.8) is 0 Å². The number of carbonyl (C=O) groups excluding carboxylic acids is 1. The molecule has 31 heavy (non-hydrogen) atoms. The summed E-state index contributed by atoms with van der Waals surface area (Å²) in [5, 5.41) is 0. The molecule has 0 radical (unpaired) electrons. The zero-order valence-electron chi connectivity index (χ0n) is 19.0. The van der Waals surface area contributed by atoms with Crippen LogP contribution in [0.15, 0.2) is 36.8 Å². The van der Waals surface area contributed by atoms with E-state index in [1.165, 1.54) is 18.5 Å². The van der Waals surface area contributed by atoms with Crippen LogP contribution >= 0.6 is 0 Å². The van der Waals surface area contributed by atoms with Crippen LogP contribution in [0.4, 0.5) is 0 Å². The number of rotatable bonds is 7. The van der Waals surface area contributed by atoms with Gasteiger partial charge in [0.1, 0.15) is 0 Å². The number of carbonyl (C=O) groups is 1. The van der Waals surface area contributed by atoms with E-state index in [2.05, 4.69) is 43.5 Å². The molecule has 1 atom stereocenters. The first kappa shape index (κ1) is 22.0. The molecule has 2 aliphatic heterocycles. The molecule has 2 aliphatic rings. The second kappa shape index (κ2) is 10.4. The van der Waals surface area contributed by atoms with Crippen LogP contribution in [-0.4, -0.2) is 81.5 Å². The second-order valence-electron chi connectivity index (χ2n) is 9.24. The maximum absolute atomic E-state index is 12.8. The predicted molar refractivity (Wildman–Crippen MR) is 122 cm³/mol. The fourth-order valence-corrected chi connectivity index (χ4v) is 5.01. The summed E-state index contributed by atoms with van der Waals surface area (Å²) in [6.45, 7) is 5.25. The summed E-state index contributed by atoms with van der Waals surface area (Å²) in [5.74, 6) is 1.64. The van der Waals surface area contributed by atoms with Gasteiger partial charge in [-0.15, -0.1) is 0 Å². The molecule has 2 fully saturated rings. The maximum atomic E-state index is 12.8. The number of likely N-dealkylation sites (tertiary alicyclic amines) is 2. The van der Waals surface area contributed by atoms with Crippen LogP contribution in [0.5, 0.6) is 0 Å². The van der Waals surface area contributed by atoms with Crippen molar-refractivity contribution in [2.24, 2.45) is 5.92 Å². The van der Waals surface area contributed by atoms with Gasteiger partial charge in [0.05, 0.1) is 0 Å². The predicted octanol–water partition coefficient (Wildman–Crippen LogP) is 2.81. The van der Waals surface area contributed by atoms with Crippen molar-refractivity contribution in [2.45, 2.75) is 51.1 Å². The molecule has 0 bridgehead atoms. The zero-order valence-corrected chi connectivity index (χ0v) is 19.0. The average molecular weight is 425 g/mol. The molecule has 1 unspecified atom stereocenters. The highest BCUT2D eigenvalue weighted by Crippen LogP contribution is 2.24. The molecule has 0 N–H and O–H groups in total. The first-order valence-electron chi connectivity index (χ1n) is 11.7. The van der Waals surface area contributed by atoms with E-state index in [0.29, 0.717) is 24.3 Å². The molecule has 4 heterocycles. The third-order valence-electron chi connectivity index (χ3n) is 6.99. The lowest BCUT2D eigenvalue weighted by Crippen LogP contribution is -2.44. The molecule has 2 saturated heterocycles. The Morgan fingerprint density at radius 2 is 1.90 bits per heavy atom. The summed E-state index contributed by atoms with van der Waals surface area (Å²) in [6.07, 6.45) is 11.9. The summed E-state index contributed by atoms with van der Waals surface area (Å²) in [6, 6.07) is 6.47. The Balaban J connectivity index is 1.27. The van der Waals surface area contributed by atoms with E-state index < -0.39 is 0 Å². The van der Waals surface area contributed by atoms with Crippen molar-refractivity contribution in [2.75, 3.05) is 40.3 Å². The highest BCUT2D eigenvalue weighted by Gasteiger charge is 2.26. The molecule has 7 nitrogen and oxygen atoms in total. The van der Waals surface area contributed by atoms with E-state index in [1.807, 2.05) is 24.2 Å². The molecule has 4 rings (SSSR count). The fraction of sp³-hybridized carbons (Fsp3) is 0.625. The summed E-state index contributed by atoms with van der Waals surface area (Å²) in [7, 11) is 4.17. The SMILES string of the molecule is CN1CCC(N(C)C(=O)CCC2CCCN(Cc3cccn3-c3ncccn3)C2)CC1. The van der Waals surface area contributed by atoms with Gasteiger partial charge < -0.3 is 9.80 Å². The van der Waals surface area contributed by atoms with Crippen LogP contribution in [0.1, 0.15) is 44.2 Å². The van der Waals surface area contributed by atoms with Crippen molar-refractivity contribution in [1.82, 2.24) is 29.2 Å². The second-order valence-corrected chi connectivity index (χ2v) is 9.24. The van der Waals surface area contributed by atoms with Gasteiger partial charge >= 0.3 is 0 Å². The normalized spacial score (nSPS) is 21.3. The van der Waals surface area contributed by atoms with Crippen LogP contribution in [0, 0.1) is 5.92 Å². The lowest BCUT2D eigenvalue weighted by Gasteiger charge is -2.36. The third-order valence-corrected chi connectivity index (χ3v) is 6.99. The quantitative estimate of drug-likeness (QED) is 0.684. The van der Waals surface area contributed by atoms with Crippen molar-refractivity contribution < 1.29 is 4.79 Å². The van der Waals surface area contributed by atoms with Crippen LogP contribution in [0.3, 0.4) is 0 Å². The maximum Gasteiger partial charge on any atom is 0.233 e. The summed E-state index contributed by atoms with van der Waals surface area (Å²) in [5.41, 5.74) is 1.21. The lowest BCUT2D eigenvalue weighted by atomic mass is 9.92. The highest BCUT2D eigenvalue weighted by molar-refractivity contribution is 5.76. The largest absolute Gasteiger partial charge is 0.343 e. The first-order chi connectivity index (χ1) is 15.1. The fourth-order valence-electron chi connectivity index (χ4n) is 5.01. The van der Waals surface area contributed by atoms with Gasteiger partial charge in [0, 0.05) is 56.9 Å². The van der Waals surface area contributed by atoms with Gasteiger partial charge in [-0.25, -0.2) is 9.97 Å². The Bertz CT molecular complexity index is 830. The molecular weight excluding hydrogens is 388 g/mol. The van der Waals surface area contributed by atoms with Crippen molar-refractivity contribution in [1.29, 1.82) is 0 Å². The molecule has 1 amide bonds. The van der Waals surface area contributed by atoms with Gasteiger partial charge in [-0.05, 0) is 82.9 Å². The number of amides is 1. The molecule has 0 aromatic carbocycles. The standard InChI is InChI=1S/C24H36N6O/c1-27-16-10-21(11-17-27)28(2)23(31)9-8-20-6-3-14-29(18-20)19-22-7-4-15-30(22)24-25-12-5-13-26-24/h4-5,7,12-13,15,20-21H,3,6,8-11,14,16-19H2,1-2H3.